The Labute approximate surface area is 178 Å². The van der Waals surface area contributed by atoms with E-state index in [4.69, 9.17) is 15.1 Å². The fourth-order valence-electron chi connectivity index (χ4n) is 2.75. The van der Waals surface area contributed by atoms with Crippen molar-refractivity contribution in [1.82, 2.24) is 25.0 Å². The van der Waals surface area contributed by atoms with Crippen LogP contribution in [0.3, 0.4) is 0 Å². The van der Waals surface area contributed by atoms with Gasteiger partial charge in [-0.25, -0.2) is 4.68 Å². The van der Waals surface area contributed by atoms with Gasteiger partial charge in [0.05, 0.1) is 24.0 Å². The number of ether oxygens (including phenoxy) is 1. The highest BCUT2D eigenvalue weighted by atomic mass is 32.2. The van der Waals surface area contributed by atoms with Crippen LogP contribution in [0.2, 0.25) is 0 Å². The average Bonchev–Trinajstić information content (AvgIpc) is 3.38. The number of nitrogens with two attached hydrogens (primary N) is 1. The van der Waals surface area contributed by atoms with E-state index in [0.717, 1.165) is 12.1 Å². The SMILES string of the molecule is COc1ccccc1-c1nnc(SCc2nc(-c3ccc(C(F)(F)F)cc3)no2)n1N. The second-order valence-electron chi connectivity index (χ2n) is 6.25. The van der Waals surface area contributed by atoms with Crippen LogP contribution >= 0.6 is 11.8 Å². The van der Waals surface area contributed by atoms with E-state index in [-0.39, 0.29) is 17.5 Å². The molecule has 0 aliphatic heterocycles. The van der Waals surface area contributed by atoms with E-state index >= 15 is 0 Å². The highest BCUT2D eigenvalue weighted by molar-refractivity contribution is 7.98. The Kier molecular flexibility index (Phi) is 5.55. The molecule has 0 aliphatic rings. The van der Waals surface area contributed by atoms with Gasteiger partial charge in [0, 0.05) is 5.56 Å². The molecule has 2 N–H and O–H groups in total. The predicted octanol–water partition coefficient (Wildman–Crippen LogP) is 4.03. The van der Waals surface area contributed by atoms with Crippen molar-refractivity contribution in [3.63, 3.8) is 0 Å². The molecule has 2 heterocycles. The number of benzene rings is 2. The van der Waals surface area contributed by atoms with Gasteiger partial charge >= 0.3 is 6.18 Å². The number of halogens is 3. The molecule has 2 aromatic carbocycles. The summed E-state index contributed by atoms with van der Waals surface area (Å²) >= 11 is 1.22. The molecule has 0 saturated carbocycles. The molecule has 31 heavy (non-hydrogen) atoms. The Bertz CT molecular complexity index is 1190. The van der Waals surface area contributed by atoms with Crippen molar-refractivity contribution in [3.8, 4) is 28.5 Å². The largest absolute Gasteiger partial charge is 0.496 e. The zero-order valence-corrected chi connectivity index (χ0v) is 16.8. The maximum absolute atomic E-state index is 12.7. The molecule has 0 saturated heterocycles. The lowest BCUT2D eigenvalue weighted by Crippen LogP contribution is -2.12. The zero-order chi connectivity index (χ0) is 22.0. The first kappa shape index (κ1) is 20.7. The second kappa shape index (κ2) is 8.30. The van der Waals surface area contributed by atoms with Crippen LogP contribution in [0.25, 0.3) is 22.8 Å². The monoisotopic (exact) mass is 448 g/mol. The molecule has 0 unspecified atom stereocenters. The first-order valence-corrected chi connectivity index (χ1v) is 9.82. The molecule has 0 spiro atoms. The van der Waals surface area contributed by atoms with Gasteiger partial charge in [-0.15, -0.1) is 10.2 Å². The summed E-state index contributed by atoms with van der Waals surface area (Å²) in [5.41, 5.74) is 0.353. The van der Waals surface area contributed by atoms with Gasteiger partial charge in [-0.3, -0.25) is 0 Å². The van der Waals surface area contributed by atoms with Crippen LogP contribution in [-0.2, 0) is 11.9 Å². The molecule has 4 rings (SSSR count). The van der Waals surface area contributed by atoms with Crippen LogP contribution in [-0.4, -0.2) is 32.1 Å². The summed E-state index contributed by atoms with van der Waals surface area (Å²) < 4.78 is 49.9. The zero-order valence-electron chi connectivity index (χ0n) is 16.0. The van der Waals surface area contributed by atoms with Gasteiger partial charge in [0.15, 0.2) is 5.82 Å². The van der Waals surface area contributed by atoms with Crippen molar-refractivity contribution >= 4 is 11.8 Å². The molecule has 0 aliphatic carbocycles. The summed E-state index contributed by atoms with van der Waals surface area (Å²) in [5.74, 6) is 7.86. The molecule has 2 aromatic heterocycles. The Balaban J connectivity index is 1.46. The third-order valence-electron chi connectivity index (χ3n) is 4.28. The van der Waals surface area contributed by atoms with Gasteiger partial charge in [-0.2, -0.15) is 18.2 Å². The van der Waals surface area contributed by atoms with Gasteiger partial charge in [0.2, 0.25) is 16.9 Å². The molecule has 0 amide bonds. The first-order chi connectivity index (χ1) is 14.9. The maximum Gasteiger partial charge on any atom is 0.416 e. The van der Waals surface area contributed by atoms with Gasteiger partial charge in [-0.05, 0) is 24.3 Å². The number of alkyl halides is 3. The fraction of sp³-hybridized carbons (Fsp3) is 0.158. The molecular weight excluding hydrogens is 433 g/mol. The van der Waals surface area contributed by atoms with Crippen LogP contribution in [0.1, 0.15) is 11.5 Å². The maximum atomic E-state index is 12.7. The third-order valence-corrected chi connectivity index (χ3v) is 5.20. The lowest BCUT2D eigenvalue weighted by molar-refractivity contribution is -0.137. The quantitative estimate of drug-likeness (QED) is 0.348. The van der Waals surface area contributed by atoms with E-state index in [1.165, 1.54) is 28.6 Å². The number of rotatable bonds is 6. The minimum absolute atomic E-state index is 0.188. The second-order valence-corrected chi connectivity index (χ2v) is 7.19. The van der Waals surface area contributed by atoms with Crippen LogP contribution in [0.15, 0.2) is 58.2 Å². The summed E-state index contributed by atoms with van der Waals surface area (Å²) in [6.45, 7) is 0. The summed E-state index contributed by atoms with van der Waals surface area (Å²) in [6.07, 6.45) is -4.40. The highest BCUT2D eigenvalue weighted by Gasteiger charge is 2.30. The van der Waals surface area contributed by atoms with Crippen molar-refractivity contribution in [3.05, 3.63) is 60.0 Å². The molecule has 0 fully saturated rings. The lowest BCUT2D eigenvalue weighted by atomic mass is 10.1. The number of para-hydroxylation sites is 1. The number of aromatic nitrogens is 5. The van der Waals surface area contributed by atoms with Crippen molar-refractivity contribution in [2.45, 2.75) is 17.1 Å². The first-order valence-electron chi connectivity index (χ1n) is 8.83. The third kappa shape index (κ3) is 4.33. The van der Waals surface area contributed by atoms with E-state index in [1.54, 1.807) is 13.2 Å². The van der Waals surface area contributed by atoms with E-state index in [0.29, 0.717) is 27.9 Å². The van der Waals surface area contributed by atoms with E-state index in [9.17, 15) is 13.2 Å². The van der Waals surface area contributed by atoms with Crippen molar-refractivity contribution in [2.24, 2.45) is 0 Å². The summed E-state index contributed by atoms with van der Waals surface area (Å²) in [5, 5.41) is 12.4. The molecule has 0 atom stereocenters. The molecular formula is C19H15F3N6O2S. The molecule has 8 nitrogen and oxygen atoms in total. The number of thioether (sulfide) groups is 1. The standard InChI is InChI=1S/C19H15F3N6O2S/c1-29-14-5-3-2-4-13(14)17-25-26-18(28(17)23)31-10-15-24-16(27-30-15)11-6-8-12(9-7-11)19(20,21)22/h2-9H,10,23H2,1H3. The number of hydrogen-bond acceptors (Lipinski definition) is 8. The van der Waals surface area contributed by atoms with Gasteiger partial charge < -0.3 is 15.1 Å². The molecule has 4 aromatic rings. The van der Waals surface area contributed by atoms with E-state index < -0.39 is 11.7 Å². The van der Waals surface area contributed by atoms with E-state index in [1.807, 2.05) is 18.2 Å². The Morgan fingerprint density at radius 2 is 1.84 bits per heavy atom. The Morgan fingerprint density at radius 1 is 1.10 bits per heavy atom. The molecule has 160 valence electrons. The fourth-order valence-corrected chi connectivity index (χ4v) is 3.45. The number of hydrogen-bond donors (Lipinski definition) is 1. The molecule has 12 heteroatoms. The van der Waals surface area contributed by atoms with Crippen molar-refractivity contribution in [1.29, 1.82) is 0 Å². The van der Waals surface area contributed by atoms with Crippen molar-refractivity contribution in [2.75, 3.05) is 13.0 Å². The summed E-state index contributed by atoms with van der Waals surface area (Å²) in [4.78, 5) is 4.21. The molecule has 0 bridgehead atoms. The minimum Gasteiger partial charge on any atom is -0.496 e. The smallest absolute Gasteiger partial charge is 0.416 e. The average molecular weight is 448 g/mol. The Morgan fingerprint density at radius 3 is 2.55 bits per heavy atom. The molecule has 0 radical (unpaired) electrons. The number of nitrogens with zero attached hydrogens (tertiary/aromatic N) is 5. The van der Waals surface area contributed by atoms with E-state index in [2.05, 4.69) is 20.3 Å². The lowest BCUT2D eigenvalue weighted by Gasteiger charge is -2.07. The topological polar surface area (TPSA) is 105 Å². The normalized spacial score (nSPS) is 11.6. The summed E-state index contributed by atoms with van der Waals surface area (Å²) in [7, 11) is 1.55. The Hall–Kier alpha value is -3.54. The summed E-state index contributed by atoms with van der Waals surface area (Å²) in [6, 6.07) is 11.8. The van der Waals surface area contributed by atoms with Gasteiger partial charge in [0.1, 0.15) is 5.75 Å². The minimum atomic E-state index is -4.40. The van der Waals surface area contributed by atoms with Gasteiger partial charge in [0.25, 0.3) is 0 Å². The van der Waals surface area contributed by atoms with Gasteiger partial charge in [-0.1, -0.05) is 41.2 Å². The van der Waals surface area contributed by atoms with Crippen LogP contribution in [0.5, 0.6) is 5.75 Å². The van der Waals surface area contributed by atoms with Crippen LogP contribution in [0.4, 0.5) is 13.2 Å². The number of nitrogen functional groups attached to an aromatic ring is 1. The van der Waals surface area contributed by atoms with Crippen molar-refractivity contribution < 1.29 is 22.4 Å². The highest BCUT2D eigenvalue weighted by Crippen LogP contribution is 2.32. The van der Waals surface area contributed by atoms with Crippen LogP contribution < -0.4 is 10.6 Å². The predicted molar refractivity (Wildman–Crippen MR) is 106 cm³/mol. The van der Waals surface area contributed by atoms with Crippen LogP contribution in [0, 0.1) is 0 Å². The number of methoxy groups -OCH3 is 1.